The van der Waals surface area contributed by atoms with Gasteiger partial charge in [-0.25, -0.2) is 9.97 Å². The summed E-state index contributed by atoms with van der Waals surface area (Å²) in [5, 5.41) is 3.19. The van der Waals surface area contributed by atoms with Gasteiger partial charge < -0.3 is 15.0 Å². The van der Waals surface area contributed by atoms with Crippen molar-refractivity contribution in [3.63, 3.8) is 0 Å². The molecular formula is C16H28N4O. The van der Waals surface area contributed by atoms with Crippen molar-refractivity contribution in [1.29, 1.82) is 0 Å². The third-order valence-corrected chi connectivity index (χ3v) is 4.38. The molecule has 1 aromatic rings. The number of aromatic nitrogens is 2. The highest BCUT2D eigenvalue weighted by atomic mass is 16.5. The van der Waals surface area contributed by atoms with Gasteiger partial charge in [-0.15, -0.1) is 0 Å². The zero-order valence-corrected chi connectivity index (χ0v) is 14.1. The molecule has 1 N–H and O–H groups in total. The molecule has 0 spiro atoms. The zero-order chi connectivity index (χ0) is 15.6. The molecule has 2 heterocycles. The predicted octanol–water partition coefficient (Wildman–Crippen LogP) is 2.81. The van der Waals surface area contributed by atoms with Gasteiger partial charge in [-0.3, -0.25) is 0 Å². The Hall–Kier alpha value is -1.36. The SMILES string of the molecule is CNc1nc(C(C)C)nc(N2CCC(C)C(OC)C2)c1C. The first-order valence-electron chi connectivity index (χ1n) is 7.81. The molecule has 1 fully saturated rings. The molecule has 2 atom stereocenters. The molecule has 1 aliphatic heterocycles. The lowest BCUT2D eigenvalue weighted by Gasteiger charge is -2.37. The second-order valence-corrected chi connectivity index (χ2v) is 6.27. The first kappa shape index (κ1) is 16.0. The van der Waals surface area contributed by atoms with Crippen molar-refractivity contribution in [3.05, 3.63) is 11.4 Å². The van der Waals surface area contributed by atoms with E-state index in [1.165, 1.54) is 0 Å². The van der Waals surface area contributed by atoms with E-state index in [4.69, 9.17) is 9.72 Å². The van der Waals surface area contributed by atoms with Crippen LogP contribution in [0.3, 0.4) is 0 Å². The van der Waals surface area contributed by atoms with Crippen molar-refractivity contribution in [2.24, 2.45) is 5.92 Å². The van der Waals surface area contributed by atoms with Gasteiger partial charge >= 0.3 is 0 Å². The lowest BCUT2D eigenvalue weighted by molar-refractivity contribution is 0.0496. The van der Waals surface area contributed by atoms with Crippen molar-refractivity contribution in [3.8, 4) is 0 Å². The number of anilines is 2. The molecule has 118 valence electrons. The fourth-order valence-electron chi connectivity index (χ4n) is 2.86. The molecule has 1 aromatic heterocycles. The zero-order valence-electron chi connectivity index (χ0n) is 14.1. The molecule has 0 radical (unpaired) electrons. The van der Waals surface area contributed by atoms with Gasteiger partial charge in [-0.05, 0) is 19.3 Å². The summed E-state index contributed by atoms with van der Waals surface area (Å²) < 4.78 is 5.63. The van der Waals surface area contributed by atoms with Crippen LogP contribution in [0.25, 0.3) is 0 Å². The molecule has 2 unspecified atom stereocenters. The Labute approximate surface area is 128 Å². The van der Waals surface area contributed by atoms with Crippen LogP contribution in [0.5, 0.6) is 0 Å². The number of hydrogen-bond donors (Lipinski definition) is 1. The van der Waals surface area contributed by atoms with Gasteiger partial charge in [0.25, 0.3) is 0 Å². The van der Waals surface area contributed by atoms with E-state index in [0.717, 1.165) is 42.5 Å². The fraction of sp³-hybridized carbons (Fsp3) is 0.750. The summed E-state index contributed by atoms with van der Waals surface area (Å²) in [7, 11) is 3.72. The van der Waals surface area contributed by atoms with Gasteiger partial charge in [0.1, 0.15) is 17.5 Å². The highest BCUT2D eigenvalue weighted by Gasteiger charge is 2.28. The first-order valence-corrected chi connectivity index (χ1v) is 7.81. The second-order valence-electron chi connectivity index (χ2n) is 6.27. The summed E-state index contributed by atoms with van der Waals surface area (Å²) in [6, 6.07) is 0. The third-order valence-electron chi connectivity index (χ3n) is 4.38. The molecule has 0 bridgehead atoms. The lowest BCUT2D eigenvalue weighted by atomic mass is 9.95. The monoisotopic (exact) mass is 292 g/mol. The maximum Gasteiger partial charge on any atom is 0.137 e. The van der Waals surface area contributed by atoms with Crippen LogP contribution in [0.1, 0.15) is 44.5 Å². The van der Waals surface area contributed by atoms with Gasteiger partial charge in [0.2, 0.25) is 0 Å². The van der Waals surface area contributed by atoms with E-state index in [1.54, 1.807) is 7.11 Å². The van der Waals surface area contributed by atoms with Crippen molar-refractivity contribution < 1.29 is 4.74 Å². The summed E-state index contributed by atoms with van der Waals surface area (Å²) in [4.78, 5) is 11.8. The second kappa shape index (κ2) is 6.60. The van der Waals surface area contributed by atoms with E-state index < -0.39 is 0 Å². The van der Waals surface area contributed by atoms with Gasteiger partial charge in [-0.1, -0.05) is 20.8 Å². The Kier molecular flexibility index (Phi) is 5.04. The molecule has 1 saturated heterocycles. The van der Waals surface area contributed by atoms with E-state index in [-0.39, 0.29) is 6.10 Å². The molecule has 0 aliphatic carbocycles. The number of piperidine rings is 1. The Balaban J connectivity index is 2.36. The minimum Gasteiger partial charge on any atom is -0.379 e. The predicted molar refractivity (Wildman–Crippen MR) is 87.2 cm³/mol. The van der Waals surface area contributed by atoms with Crippen LogP contribution in [0, 0.1) is 12.8 Å². The van der Waals surface area contributed by atoms with E-state index >= 15 is 0 Å². The maximum absolute atomic E-state index is 5.63. The normalized spacial score (nSPS) is 22.7. The molecule has 0 amide bonds. The summed E-state index contributed by atoms with van der Waals surface area (Å²) in [6.07, 6.45) is 1.40. The van der Waals surface area contributed by atoms with Gasteiger partial charge in [0.15, 0.2) is 0 Å². The standard InChI is InChI=1S/C16H28N4O/c1-10(2)14-18-15(17-5)12(4)16(19-14)20-8-7-11(3)13(9-20)21-6/h10-11,13H,7-9H2,1-6H3,(H,17,18,19). The minimum absolute atomic E-state index is 0.272. The Bertz CT molecular complexity index is 489. The van der Waals surface area contributed by atoms with Gasteiger partial charge in [-0.2, -0.15) is 0 Å². The van der Waals surface area contributed by atoms with E-state index in [1.807, 2.05) is 7.05 Å². The molecule has 0 aromatic carbocycles. The van der Waals surface area contributed by atoms with Crippen LogP contribution < -0.4 is 10.2 Å². The van der Waals surface area contributed by atoms with E-state index in [0.29, 0.717) is 11.8 Å². The number of nitrogens with one attached hydrogen (secondary N) is 1. The highest BCUT2D eigenvalue weighted by molar-refractivity contribution is 5.59. The fourth-order valence-corrected chi connectivity index (χ4v) is 2.86. The summed E-state index contributed by atoms with van der Waals surface area (Å²) in [5.74, 6) is 3.79. The number of hydrogen-bond acceptors (Lipinski definition) is 5. The molecule has 5 heteroatoms. The summed E-state index contributed by atoms with van der Waals surface area (Å²) >= 11 is 0. The number of ether oxygens (including phenoxy) is 1. The first-order chi connectivity index (χ1) is 9.97. The molecule has 0 saturated carbocycles. The van der Waals surface area contributed by atoms with Crippen LogP contribution in [0.4, 0.5) is 11.6 Å². The van der Waals surface area contributed by atoms with Crippen molar-refractivity contribution in [2.45, 2.75) is 46.1 Å². The van der Waals surface area contributed by atoms with Crippen LogP contribution >= 0.6 is 0 Å². The molecule has 21 heavy (non-hydrogen) atoms. The Morgan fingerprint density at radius 2 is 2.05 bits per heavy atom. The highest BCUT2D eigenvalue weighted by Crippen LogP contribution is 2.29. The van der Waals surface area contributed by atoms with Crippen LogP contribution in [-0.2, 0) is 4.74 Å². The molecular weight excluding hydrogens is 264 g/mol. The molecule has 1 aliphatic rings. The smallest absolute Gasteiger partial charge is 0.137 e. The third kappa shape index (κ3) is 3.28. The average molecular weight is 292 g/mol. The number of rotatable bonds is 4. The summed E-state index contributed by atoms with van der Waals surface area (Å²) in [6.45, 7) is 10.5. The van der Waals surface area contributed by atoms with Crippen molar-refractivity contribution in [1.82, 2.24) is 9.97 Å². The van der Waals surface area contributed by atoms with Crippen molar-refractivity contribution >= 4 is 11.6 Å². The summed E-state index contributed by atoms with van der Waals surface area (Å²) in [5.41, 5.74) is 1.12. The van der Waals surface area contributed by atoms with Crippen LogP contribution in [0.2, 0.25) is 0 Å². The topological polar surface area (TPSA) is 50.3 Å². The molecule has 5 nitrogen and oxygen atoms in total. The average Bonchev–Trinajstić information content (AvgIpc) is 2.48. The number of methoxy groups -OCH3 is 1. The minimum atomic E-state index is 0.272. The van der Waals surface area contributed by atoms with Crippen LogP contribution in [-0.4, -0.2) is 43.3 Å². The quantitative estimate of drug-likeness (QED) is 0.925. The lowest BCUT2D eigenvalue weighted by Crippen LogP contribution is -2.44. The number of nitrogens with zero attached hydrogens (tertiary/aromatic N) is 3. The van der Waals surface area contributed by atoms with E-state index in [9.17, 15) is 0 Å². The molecule has 2 rings (SSSR count). The van der Waals surface area contributed by atoms with E-state index in [2.05, 4.69) is 42.9 Å². The Morgan fingerprint density at radius 1 is 1.33 bits per heavy atom. The van der Waals surface area contributed by atoms with Gasteiger partial charge in [0, 0.05) is 38.7 Å². The van der Waals surface area contributed by atoms with Crippen LogP contribution in [0.15, 0.2) is 0 Å². The largest absolute Gasteiger partial charge is 0.379 e. The maximum atomic E-state index is 5.63. The van der Waals surface area contributed by atoms with Crippen molar-refractivity contribution in [2.75, 3.05) is 37.5 Å². The Morgan fingerprint density at radius 3 is 2.62 bits per heavy atom. The van der Waals surface area contributed by atoms with Gasteiger partial charge in [0.05, 0.1) is 6.10 Å².